The van der Waals surface area contributed by atoms with Crippen LogP contribution in [0.4, 0.5) is 0 Å². The minimum Gasteiger partial charge on any atom is -0.378 e. The maximum Gasteiger partial charge on any atom is 0.239 e. The summed E-state index contributed by atoms with van der Waals surface area (Å²) in [5.74, 6) is 1.98. The third kappa shape index (κ3) is 3.55. The number of morpholine rings is 1. The summed E-state index contributed by atoms with van der Waals surface area (Å²) < 4.78 is 7.32. The third-order valence-corrected chi connectivity index (χ3v) is 4.95. The van der Waals surface area contributed by atoms with Gasteiger partial charge in [-0.2, -0.15) is 5.10 Å². The Bertz CT molecular complexity index is 553. The van der Waals surface area contributed by atoms with E-state index in [9.17, 15) is 4.79 Å². The lowest BCUT2D eigenvalue weighted by Crippen LogP contribution is -2.52. The first-order chi connectivity index (χ1) is 11.1. The highest BCUT2D eigenvalue weighted by molar-refractivity contribution is 5.81. The molecule has 23 heavy (non-hydrogen) atoms. The summed E-state index contributed by atoms with van der Waals surface area (Å²) in [6, 6.07) is 0.278. The molecule has 1 aromatic heterocycles. The number of rotatable bonds is 4. The predicted molar refractivity (Wildman–Crippen MR) is 86.1 cm³/mol. The van der Waals surface area contributed by atoms with E-state index in [1.807, 2.05) is 30.4 Å². The summed E-state index contributed by atoms with van der Waals surface area (Å²) in [5, 5.41) is 4.47. The molecule has 2 aliphatic heterocycles. The van der Waals surface area contributed by atoms with Crippen LogP contribution in [-0.2, 0) is 16.1 Å². The third-order valence-electron chi connectivity index (χ3n) is 4.95. The zero-order valence-corrected chi connectivity index (χ0v) is 14.4. The smallest absolute Gasteiger partial charge is 0.239 e. The monoisotopic (exact) mass is 321 g/mol. The average Bonchev–Trinajstić information content (AvgIpc) is 3.13. The number of carbonyl (C=O) groups is 1. The highest BCUT2D eigenvalue weighted by Gasteiger charge is 2.34. The van der Waals surface area contributed by atoms with Crippen LogP contribution in [0.5, 0.6) is 0 Å². The Morgan fingerprint density at radius 1 is 1.30 bits per heavy atom. The van der Waals surface area contributed by atoms with Crippen molar-refractivity contribution in [1.82, 2.24) is 24.6 Å². The minimum absolute atomic E-state index is 0.0782. The van der Waals surface area contributed by atoms with Crippen molar-refractivity contribution in [1.29, 1.82) is 0 Å². The fourth-order valence-corrected chi connectivity index (χ4v) is 3.69. The van der Waals surface area contributed by atoms with Gasteiger partial charge in [0.15, 0.2) is 0 Å². The van der Waals surface area contributed by atoms with E-state index in [1.54, 1.807) is 0 Å². The van der Waals surface area contributed by atoms with Gasteiger partial charge in [-0.15, -0.1) is 0 Å². The molecule has 128 valence electrons. The van der Waals surface area contributed by atoms with E-state index >= 15 is 0 Å². The average molecular weight is 321 g/mol. The van der Waals surface area contributed by atoms with Crippen molar-refractivity contribution in [2.45, 2.75) is 52.2 Å². The summed E-state index contributed by atoms with van der Waals surface area (Å²) >= 11 is 0. The molecule has 0 aliphatic carbocycles. The van der Waals surface area contributed by atoms with E-state index < -0.39 is 0 Å². The van der Waals surface area contributed by atoms with Gasteiger partial charge in [0.05, 0.1) is 25.8 Å². The number of carbonyl (C=O) groups excluding carboxylic acids is 1. The predicted octanol–water partition coefficient (Wildman–Crippen LogP) is 0.607. The maximum absolute atomic E-state index is 12.7. The van der Waals surface area contributed by atoms with E-state index in [4.69, 9.17) is 4.74 Å². The molecule has 1 aromatic rings. The Kier molecular flexibility index (Phi) is 4.96. The summed E-state index contributed by atoms with van der Waals surface area (Å²) in [7, 11) is 0. The molecule has 0 saturated carbocycles. The summed E-state index contributed by atoms with van der Waals surface area (Å²) in [4.78, 5) is 21.4. The van der Waals surface area contributed by atoms with Crippen LogP contribution < -0.4 is 0 Å². The highest BCUT2D eigenvalue weighted by Crippen LogP contribution is 2.23. The molecule has 2 fully saturated rings. The molecule has 2 atom stereocenters. The fraction of sp³-hybridized carbons (Fsp3) is 0.812. The van der Waals surface area contributed by atoms with Crippen molar-refractivity contribution < 1.29 is 9.53 Å². The van der Waals surface area contributed by atoms with Gasteiger partial charge in [0.25, 0.3) is 0 Å². The Balaban J connectivity index is 1.65. The van der Waals surface area contributed by atoms with Crippen LogP contribution in [0, 0.1) is 13.8 Å². The molecule has 2 unspecified atom stereocenters. The molecule has 0 N–H and O–H groups in total. The van der Waals surface area contributed by atoms with Crippen LogP contribution in [0.15, 0.2) is 0 Å². The molecule has 1 amide bonds. The summed E-state index contributed by atoms with van der Waals surface area (Å²) in [5.41, 5.74) is 0. The van der Waals surface area contributed by atoms with Crippen LogP contribution in [0.25, 0.3) is 0 Å². The SMILES string of the molecule is Cc1nc(C)n(CC2CCCN2C(C)C(=O)N2CCOCC2)n1. The molecule has 2 saturated heterocycles. The number of aryl methyl sites for hydroxylation is 2. The lowest BCUT2D eigenvalue weighted by atomic mass is 10.1. The normalized spacial score (nSPS) is 24.1. The number of hydrogen-bond acceptors (Lipinski definition) is 5. The van der Waals surface area contributed by atoms with Crippen LogP contribution >= 0.6 is 0 Å². The quantitative estimate of drug-likeness (QED) is 0.813. The fourth-order valence-electron chi connectivity index (χ4n) is 3.69. The van der Waals surface area contributed by atoms with E-state index in [2.05, 4.69) is 15.0 Å². The van der Waals surface area contributed by atoms with Gasteiger partial charge < -0.3 is 9.64 Å². The molecule has 3 heterocycles. The zero-order valence-electron chi connectivity index (χ0n) is 14.4. The van der Waals surface area contributed by atoms with Gasteiger partial charge in [-0.3, -0.25) is 9.69 Å². The van der Waals surface area contributed by atoms with Gasteiger partial charge >= 0.3 is 0 Å². The molecule has 0 aromatic carbocycles. The van der Waals surface area contributed by atoms with Crippen molar-refractivity contribution in [3.63, 3.8) is 0 Å². The topological polar surface area (TPSA) is 63.5 Å². The lowest BCUT2D eigenvalue weighted by molar-refractivity contribution is -0.141. The van der Waals surface area contributed by atoms with E-state index in [0.717, 1.165) is 37.6 Å². The Morgan fingerprint density at radius 2 is 2.04 bits per heavy atom. The van der Waals surface area contributed by atoms with Crippen molar-refractivity contribution >= 4 is 5.91 Å². The van der Waals surface area contributed by atoms with Gasteiger partial charge in [-0.05, 0) is 40.2 Å². The largest absolute Gasteiger partial charge is 0.378 e. The highest BCUT2D eigenvalue weighted by atomic mass is 16.5. The first kappa shape index (κ1) is 16.4. The molecule has 7 nitrogen and oxygen atoms in total. The van der Waals surface area contributed by atoms with Crippen LogP contribution in [0.3, 0.4) is 0 Å². The standard InChI is InChI=1S/C16H27N5O2/c1-12(16(22)19-7-9-23-10-8-19)20-6-4-5-15(20)11-21-14(3)17-13(2)18-21/h12,15H,4-11H2,1-3H3. The van der Waals surface area contributed by atoms with Crippen LogP contribution in [0.1, 0.15) is 31.4 Å². The van der Waals surface area contributed by atoms with Gasteiger partial charge in [0.1, 0.15) is 11.6 Å². The van der Waals surface area contributed by atoms with Crippen molar-refractivity contribution in [3.8, 4) is 0 Å². The second-order valence-corrected chi connectivity index (χ2v) is 6.54. The number of hydrogen-bond donors (Lipinski definition) is 0. The lowest BCUT2D eigenvalue weighted by Gasteiger charge is -2.35. The van der Waals surface area contributed by atoms with Gasteiger partial charge in [-0.25, -0.2) is 9.67 Å². The van der Waals surface area contributed by atoms with Crippen LogP contribution in [0.2, 0.25) is 0 Å². The van der Waals surface area contributed by atoms with Crippen molar-refractivity contribution in [2.75, 3.05) is 32.8 Å². The Labute approximate surface area is 137 Å². The van der Waals surface area contributed by atoms with Crippen LogP contribution in [-0.4, -0.2) is 75.4 Å². The first-order valence-electron chi connectivity index (χ1n) is 8.56. The molecule has 0 spiro atoms. The summed E-state index contributed by atoms with van der Waals surface area (Å²) in [6.07, 6.45) is 2.25. The molecular formula is C16H27N5O2. The molecule has 3 rings (SSSR count). The number of aromatic nitrogens is 3. The zero-order chi connectivity index (χ0) is 16.4. The van der Waals surface area contributed by atoms with Gasteiger partial charge in [0, 0.05) is 19.1 Å². The van der Waals surface area contributed by atoms with E-state index in [1.165, 1.54) is 0 Å². The van der Waals surface area contributed by atoms with E-state index in [-0.39, 0.29) is 11.9 Å². The van der Waals surface area contributed by atoms with Gasteiger partial charge in [-0.1, -0.05) is 0 Å². The second-order valence-electron chi connectivity index (χ2n) is 6.54. The van der Waals surface area contributed by atoms with E-state index in [0.29, 0.717) is 32.3 Å². The number of ether oxygens (including phenoxy) is 1. The molecule has 2 aliphatic rings. The Hall–Kier alpha value is -1.47. The molecular weight excluding hydrogens is 294 g/mol. The number of nitrogens with zero attached hydrogens (tertiary/aromatic N) is 5. The van der Waals surface area contributed by atoms with Crippen molar-refractivity contribution in [2.24, 2.45) is 0 Å². The molecule has 7 heteroatoms. The second kappa shape index (κ2) is 6.97. The van der Waals surface area contributed by atoms with Gasteiger partial charge in [0.2, 0.25) is 5.91 Å². The van der Waals surface area contributed by atoms with Crippen molar-refractivity contribution in [3.05, 3.63) is 11.6 Å². The first-order valence-corrected chi connectivity index (χ1v) is 8.56. The minimum atomic E-state index is -0.0782. The number of likely N-dealkylation sites (tertiary alicyclic amines) is 1. The Morgan fingerprint density at radius 3 is 2.70 bits per heavy atom. The molecule has 0 radical (unpaired) electrons. The maximum atomic E-state index is 12.7. The molecule has 0 bridgehead atoms. The number of amides is 1. The summed E-state index contributed by atoms with van der Waals surface area (Å²) in [6.45, 7) is 10.5.